The first-order chi connectivity index (χ1) is 16.6. The van der Waals surface area contributed by atoms with E-state index in [2.05, 4.69) is 46.5 Å². The van der Waals surface area contributed by atoms with Gasteiger partial charge in [-0.3, -0.25) is 0 Å². The molecular weight excluding hydrogens is 468 g/mol. The van der Waals surface area contributed by atoms with Gasteiger partial charge in [0.05, 0.1) is 12.8 Å². The summed E-state index contributed by atoms with van der Waals surface area (Å²) in [7, 11) is 0. The lowest BCUT2D eigenvalue weighted by Gasteiger charge is -2.12. The van der Waals surface area contributed by atoms with Crippen molar-refractivity contribution in [1.82, 2.24) is 14.9 Å². The summed E-state index contributed by atoms with van der Waals surface area (Å²) < 4.78 is 13.4. The largest absolute Gasteiger partial charge is 0.490 e. The fourth-order valence-corrected chi connectivity index (χ4v) is 4.03. The summed E-state index contributed by atoms with van der Waals surface area (Å²) in [5.74, 6) is 2.13. The van der Waals surface area contributed by atoms with Gasteiger partial charge < -0.3 is 9.47 Å². The normalized spacial score (nSPS) is 11.1. The zero-order valence-electron chi connectivity index (χ0n) is 19.0. The van der Waals surface area contributed by atoms with E-state index in [0.717, 1.165) is 22.0 Å². The predicted molar refractivity (Wildman–Crippen MR) is 137 cm³/mol. The Kier molecular flexibility index (Phi) is 8.22. The fraction of sp³-hybridized carbons (Fsp3) is 0.192. The molecule has 1 heterocycles. The van der Waals surface area contributed by atoms with Crippen LogP contribution in [0.25, 0.3) is 0 Å². The van der Waals surface area contributed by atoms with Crippen molar-refractivity contribution in [2.45, 2.75) is 31.4 Å². The molecule has 0 aliphatic heterocycles. The lowest BCUT2D eigenvalue weighted by molar-refractivity contribution is 0.269. The highest BCUT2D eigenvalue weighted by Crippen LogP contribution is 2.29. The van der Waals surface area contributed by atoms with E-state index in [-0.39, 0.29) is 0 Å². The van der Waals surface area contributed by atoms with Crippen LogP contribution < -0.4 is 9.47 Å². The first-order valence-electron chi connectivity index (χ1n) is 10.9. The minimum absolute atomic E-state index is 0.424. The Balaban J connectivity index is 1.42. The van der Waals surface area contributed by atoms with E-state index in [0.29, 0.717) is 29.7 Å². The van der Waals surface area contributed by atoms with Gasteiger partial charge in [-0.1, -0.05) is 65.3 Å². The number of hydrogen-bond donors (Lipinski definition) is 0. The molecular formula is C26H25ClN4O2S. The molecule has 0 unspecified atom stereocenters. The van der Waals surface area contributed by atoms with Crippen molar-refractivity contribution in [1.29, 1.82) is 0 Å². The standard InChI is InChI=1S/C26H25ClN4O2S/c1-3-32-25-14-22(10-13-24(25)33-16-20-8-11-23(27)12-9-20)15-29-31-18-28-30-26(31)34-17-21-6-4-19(2)5-7-21/h4-15,18H,3,16-17H2,1-2H3/b29-15-. The maximum atomic E-state index is 5.98. The number of thioether (sulfide) groups is 1. The molecule has 4 rings (SSSR count). The van der Waals surface area contributed by atoms with Gasteiger partial charge in [-0.2, -0.15) is 9.78 Å². The average molecular weight is 493 g/mol. The molecule has 6 nitrogen and oxygen atoms in total. The first-order valence-corrected chi connectivity index (χ1v) is 12.2. The molecule has 0 spiro atoms. The Labute approximate surface area is 208 Å². The predicted octanol–water partition coefficient (Wildman–Crippen LogP) is 6.39. The molecule has 0 aliphatic rings. The van der Waals surface area contributed by atoms with E-state index in [4.69, 9.17) is 21.1 Å². The second kappa shape index (κ2) is 11.7. The molecule has 3 aromatic carbocycles. The minimum Gasteiger partial charge on any atom is -0.490 e. The van der Waals surface area contributed by atoms with E-state index in [1.165, 1.54) is 11.1 Å². The summed E-state index contributed by atoms with van der Waals surface area (Å²) in [5, 5.41) is 14.2. The van der Waals surface area contributed by atoms with Crippen molar-refractivity contribution in [2.24, 2.45) is 5.10 Å². The monoisotopic (exact) mass is 492 g/mol. The fourth-order valence-electron chi connectivity index (χ4n) is 3.09. The summed E-state index contributed by atoms with van der Waals surface area (Å²) in [4.78, 5) is 0. The lowest BCUT2D eigenvalue weighted by atomic mass is 10.2. The molecule has 0 N–H and O–H groups in total. The van der Waals surface area contributed by atoms with Crippen LogP contribution in [0.3, 0.4) is 0 Å². The van der Waals surface area contributed by atoms with Gasteiger partial charge in [0.15, 0.2) is 11.5 Å². The van der Waals surface area contributed by atoms with E-state index in [1.807, 2.05) is 49.4 Å². The highest BCUT2D eigenvalue weighted by molar-refractivity contribution is 7.98. The van der Waals surface area contributed by atoms with Gasteiger partial charge in [0.2, 0.25) is 5.16 Å². The molecule has 8 heteroatoms. The lowest BCUT2D eigenvalue weighted by Crippen LogP contribution is -2.00. The Morgan fingerprint density at radius 2 is 1.74 bits per heavy atom. The Morgan fingerprint density at radius 1 is 0.971 bits per heavy atom. The Morgan fingerprint density at radius 3 is 2.50 bits per heavy atom. The molecule has 0 atom stereocenters. The minimum atomic E-state index is 0.424. The molecule has 0 aliphatic carbocycles. The summed E-state index contributed by atoms with van der Waals surface area (Å²) in [6.07, 6.45) is 3.35. The molecule has 34 heavy (non-hydrogen) atoms. The maximum Gasteiger partial charge on any atom is 0.212 e. The van der Waals surface area contributed by atoms with Crippen molar-refractivity contribution in [3.05, 3.63) is 100 Å². The molecule has 0 amide bonds. The van der Waals surface area contributed by atoms with E-state index < -0.39 is 0 Å². The van der Waals surface area contributed by atoms with Gasteiger partial charge in [-0.25, -0.2) is 0 Å². The summed E-state index contributed by atoms with van der Waals surface area (Å²) >= 11 is 7.55. The number of aryl methyl sites for hydroxylation is 1. The molecule has 1 aromatic heterocycles. The van der Waals surface area contributed by atoms with Gasteiger partial charge in [-0.05, 0) is 60.9 Å². The number of halogens is 1. The molecule has 0 bridgehead atoms. The number of nitrogens with zero attached hydrogens (tertiary/aromatic N) is 4. The maximum absolute atomic E-state index is 5.98. The van der Waals surface area contributed by atoms with Crippen LogP contribution in [0.5, 0.6) is 11.5 Å². The second-order valence-corrected chi connectivity index (χ2v) is 8.91. The highest BCUT2D eigenvalue weighted by Gasteiger charge is 2.08. The molecule has 0 saturated carbocycles. The van der Waals surface area contributed by atoms with Crippen LogP contribution in [0.2, 0.25) is 5.02 Å². The van der Waals surface area contributed by atoms with Crippen molar-refractivity contribution < 1.29 is 9.47 Å². The molecule has 0 fully saturated rings. The molecule has 0 saturated heterocycles. The third-order valence-electron chi connectivity index (χ3n) is 4.90. The first kappa shape index (κ1) is 23.9. The van der Waals surface area contributed by atoms with Gasteiger partial charge in [-0.15, -0.1) is 10.2 Å². The van der Waals surface area contributed by atoms with Gasteiger partial charge in [0.1, 0.15) is 12.9 Å². The van der Waals surface area contributed by atoms with Crippen LogP contribution in [0.4, 0.5) is 0 Å². The Hall–Kier alpha value is -3.29. The smallest absolute Gasteiger partial charge is 0.212 e. The van der Waals surface area contributed by atoms with Crippen molar-refractivity contribution in [3.63, 3.8) is 0 Å². The van der Waals surface area contributed by atoms with Gasteiger partial charge >= 0.3 is 0 Å². The van der Waals surface area contributed by atoms with Gasteiger partial charge in [0, 0.05) is 10.8 Å². The summed E-state index contributed by atoms with van der Waals surface area (Å²) in [6, 6.07) is 21.8. The Bertz CT molecular complexity index is 1240. The molecule has 4 aromatic rings. The quantitative estimate of drug-likeness (QED) is 0.189. The number of aromatic nitrogens is 3. The molecule has 0 radical (unpaired) electrons. The van der Waals surface area contributed by atoms with Crippen molar-refractivity contribution in [3.8, 4) is 11.5 Å². The number of ether oxygens (including phenoxy) is 2. The van der Waals surface area contributed by atoms with Crippen LogP contribution in [0.1, 0.15) is 29.2 Å². The number of hydrogen-bond acceptors (Lipinski definition) is 6. The zero-order valence-corrected chi connectivity index (χ0v) is 20.6. The summed E-state index contributed by atoms with van der Waals surface area (Å²) in [5.41, 5.74) is 4.38. The van der Waals surface area contributed by atoms with Crippen LogP contribution in [-0.4, -0.2) is 27.7 Å². The van der Waals surface area contributed by atoms with Crippen LogP contribution >= 0.6 is 23.4 Å². The topological polar surface area (TPSA) is 61.5 Å². The van der Waals surface area contributed by atoms with Crippen LogP contribution in [0, 0.1) is 6.92 Å². The van der Waals surface area contributed by atoms with E-state index >= 15 is 0 Å². The van der Waals surface area contributed by atoms with Crippen LogP contribution in [-0.2, 0) is 12.4 Å². The average Bonchev–Trinajstić information content (AvgIpc) is 3.30. The van der Waals surface area contributed by atoms with Gasteiger partial charge in [0.25, 0.3) is 0 Å². The number of benzene rings is 3. The van der Waals surface area contributed by atoms with E-state index in [9.17, 15) is 0 Å². The molecule has 174 valence electrons. The van der Waals surface area contributed by atoms with Crippen molar-refractivity contribution in [2.75, 3.05) is 6.61 Å². The van der Waals surface area contributed by atoms with Crippen LogP contribution in [0.15, 0.2) is 83.3 Å². The third kappa shape index (κ3) is 6.62. The number of rotatable bonds is 10. The third-order valence-corrected chi connectivity index (χ3v) is 6.15. The van der Waals surface area contributed by atoms with E-state index in [1.54, 1.807) is 29.0 Å². The summed E-state index contributed by atoms with van der Waals surface area (Å²) in [6.45, 7) is 4.98. The van der Waals surface area contributed by atoms with Crippen molar-refractivity contribution >= 4 is 29.6 Å². The highest BCUT2D eigenvalue weighted by atomic mass is 35.5. The zero-order chi connectivity index (χ0) is 23.8. The second-order valence-electron chi connectivity index (χ2n) is 7.53. The SMILES string of the molecule is CCOc1cc(/C=N\n2cnnc2SCc2ccc(C)cc2)ccc1OCc1ccc(Cl)cc1.